The van der Waals surface area contributed by atoms with E-state index in [1.54, 1.807) is 12.5 Å². The van der Waals surface area contributed by atoms with Gasteiger partial charge in [0, 0.05) is 31.2 Å². The zero-order valence-electron chi connectivity index (χ0n) is 14.4. The number of urea groups is 1. The molecule has 1 aromatic heterocycles. The number of amides is 2. The molecule has 0 bridgehead atoms. The summed E-state index contributed by atoms with van der Waals surface area (Å²) < 4.78 is 7.65. The Morgan fingerprint density at radius 1 is 1.33 bits per heavy atom. The molecular formula is C18H26N4O2. The lowest BCUT2D eigenvalue weighted by Gasteiger charge is -2.12. The van der Waals surface area contributed by atoms with Gasteiger partial charge in [0.2, 0.25) is 0 Å². The highest BCUT2D eigenvalue weighted by Gasteiger charge is 2.05. The molecule has 0 spiro atoms. The van der Waals surface area contributed by atoms with Crippen molar-refractivity contribution in [1.29, 1.82) is 0 Å². The number of anilines is 1. The molecule has 0 fully saturated rings. The van der Waals surface area contributed by atoms with Gasteiger partial charge in [-0.3, -0.25) is 0 Å². The standard InChI is InChI=1S/C18H26N4O2/c1-3-4-12-24-16-6-7-17(15(2)13-16)21-18(23)20-8-5-10-22-11-9-19-14-22/h6-7,9,11,13-14H,3-5,8,10,12H2,1-2H3,(H2,20,21,23). The summed E-state index contributed by atoms with van der Waals surface area (Å²) in [5.74, 6) is 0.840. The number of carbonyl (C=O) groups is 1. The summed E-state index contributed by atoms with van der Waals surface area (Å²) in [6.07, 6.45) is 8.44. The van der Waals surface area contributed by atoms with Crippen molar-refractivity contribution in [2.24, 2.45) is 0 Å². The van der Waals surface area contributed by atoms with Crippen molar-refractivity contribution >= 4 is 11.7 Å². The molecule has 0 saturated heterocycles. The second kappa shape index (κ2) is 9.60. The molecule has 6 heteroatoms. The Morgan fingerprint density at radius 2 is 2.21 bits per heavy atom. The van der Waals surface area contributed by atoms with E-state index in [-0.39, 0.29) is 6.03 Å². The Morgan fingerprint density at radius 3 is 2.92 bits per heavy atom. The van der Waals surface area contributed by atoms with Crippen molar-refractivity contribution < 1.29 is 9.53 Å². The summed E-state index contributed by atoms with van der Waals surface area (Å²) in [6.45, 7) is 6.27. The molecule has 0 aliphatic heterocycles. The van der Waals surface area contributed by atoms with Gasteiger partial charge in [-0.15, -0.1) is 0 Å². The quantitative estimate of drug-likeness (QED) is 0.691. The first-order valence-corrected chi connectivity index (χ1v) is 8.43. The number of hydrogen-bond acceptors (Lipinski definition) is 3. The molecule has 0 aliphatic carbocycles. The molecule has 1 aromatic carbocycles. The average molecular weight is 330 g/mol. The number of nitrogens with one attached hydrogen (secondary N) is 2. The predicted octanol–water partition coefficient (Wildman–Crippen LogP) is 3.58. The molecule has 0 saturated carbocycles. The molecule has 6 nitrogen and oxygen atoms in total. The van der Waals surface area contributed by atoms with Crippen LogP contribution in [0.4, 0.5) is 10.5 Å². The van der Waals surface area contributed by atoms with Crippen LogP contribution in [0.25, 0.3) is 0 Å². The van der Waals surface area contributed by atoms with Crippen LogP contribution in [-0.4, -0.2) is 28.7 Å². The van der Waals surface area contributed by atoms with Gasteiger partial charge in [-0.05, 0) is 43.5 Å². The van der Waals surface area contributed by atoms with Gasteiger partial charge in [0.05, 0.1) is 12.9 Å². The number of aryl methyl sites for hydroxylation is 2. The minimum Gasteiger partial charge on any atom is -0.494 e. The van der Waals surface area contributed by atoms with Gasteiger partial charge in [-0.2, -0.15) is 0 Å². The van der Waals surface area contributed by atoms with Crippen LogP contribution in [0.2, 0.25) is 0 Å². The lowest BCUT2D eigenvalue weighted by Crippen LogP contribution is -2.30. The fourth-order valence-corrected chi connectivity index (χ4v) is 2.25. The van der Waals surface area contributed by atoms with Gasteiger partial charge in [0.25, 0.3) is 0 Å². The monoisotopic (exact) mass is 330 g/mol. The minimum atomic E-state index is -0.191. The van der Waals surface area contributed by atoms with E-state index < -0.39 is 0 Å². The molecule has 0 radical (unpaired) electrons. The van der Waals surface area contributed by atoms with Crippen LogP contribution in [-0.2, 0) is 6.54 Å². The van der Waals surface area contributed by atoms with E-state index in [2.05, 4.69) is 22.5 Å². The Bertz CT molecular complexity index is 626. The fraction of sp³-hybridized carbons (Fsp3) is 0.444. The van der Waals surface area contributed by atoms with Crippen LogP contribution in [0.15, 0.2) is 36.9 Å². The maximum Gasteiger partial charge on any atom is 0.319 e. The fourth-order valence-electron chi connectivity index (χ4n) is 2.25. The smallest absolute Gasteiger partial charge is 0.319 e. The number of rotatable bonds is 9. The van der Waals surface area contributed by atoms with Gasteiger partial charge >= 0.3 is 6.03 Å². The van der Waals surface area contributed by atoms with Crippen molar-refractivity contribution in [3.63, 3.8) is 0 Å². The van der Waals surface area contributed by atoms with Crippen LogP contribution < -0.4 is 15.4 Å². The summed E-state index contributed by atoms with van der Waals surface area (Å²) in [6, 6.07) is 5.52. The third kappa shape index (κ3) is 5.95. The van der Waals surface area contributed by atoms with Crippen LogP contribution in [0.3, 0.4) is 0 Å². The second-order valence-corrected chi connectivity index (χ2v) is 5.71. The van der Waals surface area contributed by atoms with Gasteiger partial charge < -0.3 is 19.9 Å². The van der Waals surface area contributed by atoms with Crippen molar-refractivity contribution in [2.75, 3.05) is 18.5 Å². The van der Waals surface area contributed by atoms with Crippen LogP contribution in [0.1, 0.15) is 31.7 Å². The van der Waals surface area contributed by atoms with Crippen molar-refractivity contribution in [3.05, 3.63) is 42.5 Å². The lowest BCUT2D eigenvalue weighted by atomic mass is 10.2. The number of carbonyl (C=O) groups excluding carboxylic acids is 1. The molecule has 1 heterocycles. The average Bonchev–Trinajstić information content (AvgIpc) is 3.08. The van der Waals surface area contributed by atoms with E-state index in [0.717, 1.165) is 49.4 Å². The topological polar surface area (TPSA) is 68.2 Å². The molecule has 2 aromatic rings. The molecule has 0 atom stereocenters. The maximum absolute atomic E-state index is 11.9. The highest BCUT2D eigenvalue weighted by Crippen LogP contribution is 2.21. The van der Waals surface area contributed by atoms with Crippen molar-refractivity contribution in [2.45, 2.75) is 39.7 Å². The zero-order valence-corrected chi connectivity index (χ0v) is 14.4. The first kappa shape index (κ1) is 17.8. The molecular weight excluding hydrogens is 304 g/mol. The van der Waals surface area contributed by atoms with E-state index in [9.17, 15) is 4.79 Å². The molecule has 2 amide bonds. The Kier molecular flexibility index (Phi) is 7.14. The van der Waals surface area contributed by atoms with Crippen molar-refractivity contribution in [1.82, 2.24) is 14.9 Å². The Hall–Kier alpha value is -2.50. The van der Waals surface area contributed by atoms with Crippen molar-refractivity contribution in [3.8, 4) is 5.75 Å². The van der Waals surface area contributed by atoms with E-state index in [4.69, 9.17) is 4.74 Å². The van der Waals surface area contributed by atoms with Gasteiger partial charge in [0.15, 0.2) is 0 Å². The minimum absolute atomic E-state index is 0.191. The van der Waals surface area contributed by atoms with Gasteiger partial charge in [-0.25, -0.2) is 9.78 Å². The number of benzene rings is 1. The third-order valence-corrected chi connectivity index (χ3v) is 3.65. The number of aromatic nitrogens is 2. The van der Waals surface area contributed by atoms with Crippen LogP contribution >= 0.6 is 0 Å². The molecule has 2 rings (SSSR count). The predicted molar refractivity (Wildman–Crippen MR) is 95.4 cm³/mol. The van der Waals surface area contributed by atoms with E-state index in [0.29, 0.717) is 6.54 Å². The van der Waals surface area contributed by atoms with Gasteiger partial charge in [-0.1, -0.05) is 13.3 Å². The maximum atomic E-state index is 11.9. The number of hydrogen-bond donors (Lipinski definition) is 2. The highest BCUT2D eigenvalue weighted by molar-refractivity contribution is 5.90. The number of ether oxygens (including phenoxy) is 1. The lowest BCUT2D eigenvalue weighted by molar-refractivity contribution is 0.251. The summed E-state index contributed by atoms with van der Waals surface area (Å²) in [4.78, 5) is 15.9. The Labute approximate surface area is 143 Å². The Balaban J connectivity index is 1.72. The number of unbranched alkanes of at least 4 members (excludes halogenated alkanes) is 1. The molecule has 2 N–H and O–H groups in total. The largest absolute Gasteiger partial charge is 0.494 e. The number of imidazole rings is 1. The highest BCUT2D eigenvalue weighted by atomic mass is 16.5. The molecule has 24 heavy (non-hydrogen) atoms. The zero-order chi connectivity index (χ0) is 17.2. The summed E-state index contributed by atoms with van der Waals surface area (Å²) >= 11 is 0. The summed E-state index contributed by atoms with van der Waals surface area (Å²) in [5, 5.41) is 5.74. The van der Waals surface area contributed by atoms with E-state index >= 15 is 0 Å². The second-order valence-electron chi connectivity index (χ2n) is 5.71. The summed E-state index contributed by atoms with van der Waals surface area (Å²) in [5.41, 5.74) is 1.78. The molecule has 130 valence electrons. The van der Waals surface area contributed by atoms with Gasteiger partial charge in [0.1, 0.15) is 5.75 Å². The molecule has 0 aliphatic rings. The summed E-state index contributed by atoms with van der Waals surface area (Å²) in [7, 11) is 0. The van der Waals surface area contributed by atoms with Crippen LogP contribution in [0, 0.1) is 6.92 Å². The van der Waals surface area contributed by atoms with E-state index in [1.807, 2.05) is 35.9 Å². The van der Waals surface area contributed by atoms with E-state index in [1.165, 1.54) is 0 Å². The SMILES string of the molecule is CCCCOc1ccc(NC(=O)NCCCn2ccnc2)c(C)c1. The first-order valence-electron chi connectivity index (χ1n) is 8.43. The molecule has 0 unspecified atom stereocenters. The number of nitrogens with zero attached hydrogens (tertiary/aromatic N) is 2. The third-order valence-electron chi connectivity index (χ3n) is 3.65. The van der Waals surface area contributed by atoms with Crippen LogP contribution in [0.5, 0.6) is 5.75 Å². The normalized spacial score (nSPS) is 10.4. The first-order chi connectivity index (χ1) is 11.7.